The maximum Gasteiger partial charge on any atom is 0.0327 e. The number of halogens is 1. The van der Waals surface area contributed by atoms with Gasteiger partial charge in [-0.15, -0.1) is 0 Å². The van der Waals surface area contributed by atoms with Crippen LogP contribution in [-0.4, -0.2) is 31.1 Å². The second kappa shape index (κ2) is 6.59. The van der Waals surface area contributed by atoms with E-state index in [0.717, 1.165) is 12.5 Å². The van der Waals surface area contributed by atoms with Crippen LogP contribution in [0.2, 0.25) is 0 Å². The van der Waals surface area contributed by atoms with Crippen molar-refractivity contribution < 1.29 is 0 Å². The first-order valence-corrected chi connectivity index (χ1v) is 8.76. The number of hydrogen-bond acceptors (Lipinski definition) is 2. The summed E-state index contributed by atoms with van der Waals surface area (Å²) in [5, 5.41) is 3.76. The Morgan fingerprint density at radius 3 is 2.85 bits per heavy atom. The Hall–Kier alpha value is -0.380. The lowest BCUT2D eigenvalue weighted by Gasteiger charge is -2.30. The van der Waals surface area contributed by atoms with E-state index in [1.54, 1.807) is 0 Å². The molecule has 0 spiro atoms. The summed E-state index contributed by atoms with van der Waals surface area (Å²) >= 11 is 3.68. The van der Waals surface area contributed by atoms with E-state index < -0.39 is 0 Å². The fraction of sp³-hybridized carbons (Fsp3) is 0.647. The zero-order chi connectivity index (χ0) is 13.9. The van der Waals surface area contributed by atoms with Crippen LogP contribution in [0.15, 0.2) is 22.7 Å². The first-order valence-electron chi connectivity index (χ1n) is 7.97. The van der Waals surface area contributed by atoms with E-state index >= 15 is 0 Å². The van der Waals surface area contributed by atoms with Crippen molar-refractivity contribution >= 4 is 15.9 Å². The summed E-state index contributed by atoms with van der Waals surface area (Å²) in [7, 11) is 0. The zero-order valence-electron chi connectivity index (χ0n) is 12.4. The van der Waals surface area contributed by atoms with Gasteiger partial charge in [-0.1, -0.05) is 35.0 Å². The van der Waals surface area contributed by atoms with Crippen molar-refractivity contribution in [1.82, 2.24) is 10.2 Å². The summed E-state index contributed by atoms with van der Waals surface area (Å²) in [5.74, 6) is 0.929. The summed E-state index contributed by atoms with van der Waals surface area (Å²) in [5.41, 5.74) is 3.02. The molecule has 1 aliphatic carbocycles. The van der Waals surface area contributed by atoms with Crippen LogP contribution in [0.25, 0.3) is 0 Å². The molecule has 3 rings (SSSR count). The SMILES string of the molecule is CC1CCN(CCNC2CCc3c(Br)cccc32)CC1. The number of likely N-dealkylation sites (tertiary alicyclic amines) is 1. The quantitative estimate of drug-likeness (QED) is 0.900. The van der Waals surface area contributed by atoms with E-state index in [2.05, 4.69) is 51.3 Å². The topological polar surface area (TPSA) is 15.3 Å². The van der Waals surface area contributed by atoms with Crippen LogP contribution in [-0.2, 0) is 6.42 Å². The number of nitrogens with zero attached hydrogens (tertiary/aromatic N) is 1. The molecular weight excluding hydrogens is 312 g/mol. The monoisotopic (exact) mass is 336 g/mol. The maximum atomic E-state index is 3.76. The van der Waals surface area contributed by atoms with E-state index in [-0.39, 0.29) is 0 Å². The van der Waals surface area contributed by atoms with Crippen LogP contribution in [0, 0.1) is 5.92 Å². The second-order valence-corrected chi connectivity index (χ2v) is 7.23. The predicted octanol–water partition coefficient (Wildman–Crippen LogP) is 3.76. The summed E-state index contributed by atoms with van der Waals surface area (Å²) in [6, 6.07) is 7.17. The molecule has 0 aromatic heterocycles. The van der Waals surface area contributed by atoms with Gasteiger partial charge < -0.3 is 10.2 Å². The van der Waals surface area contributed by atoms with Gasteiger partial charge in [0.2, 0.25) is 0 Å². The van der Waals surface area contributed by atoms with Gasteiger partial charge in [0.1, 0.15) is 0 Å². The lowest BCUT2D eigenvalue weighted by Crippen LogP contribution is -2.38. The lowest BCUT2D eigenvalue weighted by molar-refractivity contribution is 0.191. The average molecular weight is 337 g/mol. The van der Waals surface area contributed by atoms with Gasteiger partial charge >= 0.3 is 0 Å². The molecule has 1 heterocycles. The Bertz CT molecular complexity index is 452. The van der Waals surface area contributed by atoms with Gasteiger partial charge in [0.15, 0.2) is 0 Å². The highest BCUT2D eigenvalue weighted by Gasteiger charge is 2.23. The lowest BCUT2D eigenvalue weighted by atomic mass is 9.99. The number of hydrogen-bond donors (Lipinski definition) is 1. The van der Waals surface area contributed by atoms with Crippen LogP contribution < -0.4 is 5.32 Å². The van der Waals surface area contributed by atoms with Crippen LogP contribution in [0.1, 0.15) is 43.4 Å². The van der Waals surface area contributed by atoms with Crippen LogP contribution in [0.4, 0.5) is 0 Å². The van der Waals surface area contributed by atoms with Crippen molar-refractivity contribution in [2.24, 2.45) is 5.92 Å². The molecule has 1 fully saturated rings. The van der Waals surface area contributed by atoms with E-state index in [0.29, 0.717) is 6.04 Å². The van der Waals surface area contributed by atoms with Crippen molar-refractivity contribution in [3.05, 3.63) is 33.8 Å². The molecule has 0 radical (unpaired) electrons. The molecule has 1 atom stereocenters. The standard InChI is InChI=1S/C17H25BrN2/c1-13-7-10-20(11-8-13)12-9-19-17-6-5-14-15(17)3-2-4-16(14)18/h2-4,13,17,19H,5-12H2,1H3. The fourth-order valence-corrected chi connectivity index (χ4v) is 4.08. The van der Waals surface area contributed by atoms with Crippen molar-refractivity contribution in [3.63, 3.8) is 0 Å². The van der Waals surface area contributed by atoms with Crippen molar-refractivity contribution in [2.45, 2.75) is 38.6 Å². The molecule has 1 N–H and O–H groups in total. The number of benzene rings is 1. The molecule has 3 heteroatoms. The van der Waals surface area contributed by atoms with Gasteiger partial charge in [-0.25, -0.2) is 0 Å². The molecule has 2 nitrogen and oxygen atoms in total. The van der Waals surface area contributed by atoms with E-state index in [9.17, 15) is 0 Å². The summed E-state index contributed by atoms with van der Waals surface area (Å²) in [4.78, 5) is 2.61. The molecular formula is C17H25BrN2. The van der Waals surface area contributed by atoms with Crippen molar-refractivity contribution in [3.8, 4) is 0 Å². The minimum Gasteiger partial charge on any atom is -0.309 e. The maximum absolute atomic E-state index is 3.76. The third-order valence-electron chi connectivity index (χ3n) is 4.91. The van der Waals surface area contributed by atoms with Crippen molar-refractivity contribution in [1.29, 1.82) is 0 Å². The van der Waals surface area contributed by atoms with Gasteiger partial charge in [-0.3, -0.25) is 0 Å². The van der Waals surface area contributed by atoms with Crippen LogP contribution in [0.5, 0.6) is 0 Å². The minimum absolute atomic E-state index is 0.561. The Balaban J connectivity index is 1.48. The number of rotatable bonds is 4. The smallest absolute Gasteiger partial charge is 0.0327 e. The number of fused-ring (bicyclic) bond motifs is 1. The van der Waals surface area contributed by atoms with Crippen molar-refractivity contribution in [2.75, 3.05) is 26.2 Å². The van der Waals surface area contributed by atoms with Gasteiger partial charge in [0.25, 0.3) is 0 Å². The minimum atomic E-state index is 0.561. The molecule has 110 valence electrons. The molecule has 1 aromatic carbocycles. The van der Waals surface area contributed by atoms with Crippen LogP contribution in [0.3, 0.4) is 0 Å². The highest BCUT2D eigenvalue weighted by Crippen LogP contribution is 2.35. The third kappa shape index (κ3) is 3.26. The molecule has 1 unspecified atom stereocenters. The highest BCUT2D eigenvalue weighted by molar-refractivity contribution is 9.10. The van der Waals surface area contributed by atoms with Gasteiger partial charge in [0, 0.05) is 23.6 Å². The molecule has 1 aliphatic heterocycles. The Morgan fingerprint density at radius 2 is 2.05 bits per heavy atom. The number of nitrogens with one attached hydrogen (secondary N) is 1. The molecule has 2 aliphatic rings. The third-order valence-corrected chi connectivity index (χ3v) is 5.65. The van der Waals surface area contributed by atoms with E-state index in [4.69, 9.17) is 0 Å². The molecule has 0 saturated carbocycles. The molecule has 1 saturated heterocycles. The molecule has 0 amide bonds. The van der Waals surface area contributed by atoms with E-state index in [1.165, 1.54) is 60.9 Å². The van der Waals surface area contributed by atoms with E-state index in [1.807, 2.05) is 0 Å². The van der Waals surface area contributed by atoms with Crippen LogP contribution >= 0.6 is 15.9 Å². The first-order chi connectivity index (χ1) is 9.74. The number of piperidine rings is 1. The Morgan fingerprint density at radius 1 is 1.25 bits per heavy atom. The highest BCUT2D eigenvalue weighted by atomic mass is 79.9. The summed E-state index contributed by atoms with van der Waals surface area (Å²) < 4.78 is 1.28. The average Bonchev–Trinajstić information content (AvgIpc) is 2.86. The fourth-order valence-electron chi connectivity index (χ4n) is 3.50. The Labute approximate surface area is 131 Å². The zero-order valence-corrected chi connectivity index (χ0v) is 14.0. The van der Waals surface area contributed by atoms with Gasteiger partial charge in [-0.05, 0) is 61.9 Å². The molecule has 0 bridgehead atoms. The Kier molecular flexibility index (Phi) is 4.79. The van der Waals surface area contributed by atoms with Gasteiger partial charge in [0.05, 0.1) is 0 Å². The van der Waals surface area contributed by atoms with Gasteiger partial charge in [-0.2, -0.15) is 0 Å². The normalized spacial score (nSPS) is 24.0. The molecule has 20 heavy (non-hydrogen) atoms. The first kappa shape index (κ1) is 14.6. The second-order valence-electron chi connectivity index (χ2n) is 6.38. The summed E-state index contributed by atoms with van der Waals surface area (Å²) in [6.07, 6.45) is 5.20. The largest absolute Gasteiger partial charge is 0.309 e. The molecule has 1 aromatic rings. The summed E-state index contributed by atoms with van der Waals surface area (Å²) in [6.45, 7) is 7.27. The predicted molar refractivity (Wildman–Crippen MR) is 88.0 cm³/mol.